The number of nitrogens with one attached hydrogen (secondary N) is 1. The fourth-order valence-electron chi connectivity index (χ4n) is 5.14. The molecule has 8 nitrogen and oxygen atoms in total. The Balaban J connectivity index is 0.00000304. The third kappa shape index (κ3) is 6.00. The van der Waals surface area contributed by atoms with Crippen molar-refractivity contribution < 1.29 is 14.6 Å². The molecule has 0 spiro atoms. The zero-order chi connectivity index (χ0) is 24.2. The van der Waals surface area contributed by atoms with Crippen LogP contribution in [0.3, 0.4) is 0 Å². The summed E-state index contributed by atoms with van der Waals surface area (Å²) >= 11 is 0. The summed E-state index contributed by atoms with van der Waals surface area (Å²) in [6.45, 7) is 5.13. The molecular formula is C27H36ClN5O3. The van der Waals surface area contributed by atoms with E-state index < -0.39 is 0 Å². The average Bonchev–Trinajstić information content (AvgIpc) is 3.33. The molecule has 2 fully saturated rings. The third-order valence-electron chi connectivity index (χ3n) is 7.14. The molecule has 0 amide bonds. The molecule has 5 rings (SSSR count). The second kappa shape index (κ2) is 12.1. The van der Waals surface area contributed by atoms with Crippen LogP contribution in [-0.2, 0) is 17.9 Å². The number of ether oxygens (including phenoxy) is 2. The molecule has 0 unspecified atom stereocenters. The fourth-order valence-corrected chi connectivity index (χ4v) is 5.14. The monoisotopic (exact) mass is 513 g/mol. The Labute approximate surface area is 219 Å². The highest BCUT2D eigenvalue weighted by Gasteiger charge is 2.22. The Hall–Kier alpha value is -2.65. The van der Waals surface area contributed by atoms with E-state index in [0.717, 1.165) is 80.0 Å². The molecule has 0 radical (unpaired) electrons. The van der Waals surface area contributed by atoms with Gasteiger partial charge in [0.05, 0.1) is 25.5 Å². The predicted molar refractivity (Wildman–Crippen MR) is 145 cm³/mol. The van der Waals surface area contributed by atoms with Crippen LogP contribution in [0.15, 0.2) is 42.5 Å². The van der Waals surface area contributed by atoms with Crippen LogP contribution in [0.25, 0.3) is 10.8 Å². The smallest absolute Gasteiger partial charge is 0.156 e. The highest BCUT2D eigenvalue weighted by Crippen LogP contribution is 2.29. The summed E-state index contributed by atoms with van der Waals surface area (Å²) in [6, 6.07) is 15.2. The lowest BCUT2D eigenvalue weighted by atomic mass is 10.0. The van der Waals surface area contributed by atoms with Crippen LogP contribution >= 0.6 is 12.4 Å². The molecule has 0 bridgehead atoms. The Morgan fingerprint density at radius 1 is 0.972 bits per heavy atom. The van der Waals surface area contributed by atoms with Gasteiger partial charge in [0, 0.05) is 62.3 Å². The second-order valence-corrected chi connectivity index (χ2v) is 9.59. The fraction of sp³-hybridized carbons (Fsp3) is 0.481. The zero-order valence-corrected chi connectivity index (χ0v) is 21.8. The van der Waals surface area contributed by atoms with E-state index in [1.807, 2.05) is 18.2 Å². The van der Waals surface area contributed by atoms with E-state index in [0.29, 0.717) is 12.6 Å². The van der Waals surface area contributed by atoms with Crippen molar-refractivity contribution in [3.8, 4) is 5.75 Å². The molecule has 3 aromatic rings. The Morgan fingerprint density at radius 2 is 1.75 bits per heavy atom. The number of aliphatic hydroxyl groups excluding tert-OH is 1. The minimum Gasteiger partial charge on any atom is -0.497 e. The maximum atomic E-state index is 9.78. The van der Waals surface area contributed by atoms with E-state index in [1.54, 1.807) is 14.2 Å². The van der Waals surface area contributed by atoms with Crippen molar-refractivity contribution in [2.75, 3.05) is 50.6 Å². The predicted octanol–water partition coefficient (Wildman–Crippen LogP) is 3.85. The van der Waals surface area contributed by atoms with Gasteiger partial charge in [0.2, 0.25) is 0 Å². The molecule has 0 aliphatic carbocycles. The second-order valence-electron chi connectivity index (χ2n) is 9.59. The summed E-state index contributed by atoms with van der Waals surface area (Å²) in [5, 5.41) is 24.4. The Morgan fingerprint density at radius 3 is 2.42 bits per heavy atom. The maximum Gasteiger partial charge on any atom is 0.156 e. The quantitative estimate of drug-likeness (QED) is 0.470. The van der Waals surface area contributed by atoms with Crippen LogP contribution in [0.4, 0.5) is 11.5 Å². The topological polar surface area (TPSA) is 83.0 Å². The number of anilines is 2. The molecule has 2 aliphatic heterocycles. The molecule has 2 aliphatic rings. The number of benzene rings is 2. The minimum atomic E-state index is -0.195. The van der Waals surface area contributed by atoms with Gasteiger partial charge in [0.1, 0.15) is 5.75 Å². The first-order chi connectivity index (χ1) is 17.1. The number of piperidine rings is 1. The van der Waals surface area contributed by atoms with Gasteiger partial charge in [0.25, 0.3) is 0 Å². The molecule has 2 N–H and O–H groups in total. The summed E-state index contributed by atoms with van der Waals surface area (Å²) in [4.78, 5) is 4.77. The Bertz CT molecular complexity index is 1140. The van der Waals surface area contributed by atoms with E-state index in [9.17, 15) is 5.11 Å². The molecule has 1 aromatic heterocycles. The van der Waals surface area contributed by atoms with Gasteiger partial charge >= 0.3 is 0 Å². The van der Waals surface area contributed by atoms with Crippen LogP contribution in [0.1, 0.15) is 30.5 Å². The first-order valence-corrected chi connectivity index (χ1v) is 12.5. The number of aliphatic hydroxyl groups is 1. The lowest BCUT2D eigenvalue weighted by Crippen LogP contribution is -2.38. The zero-order valence-electron chi connectivity index (χ0n) is 21.0. The summed E-state index contributed by atoms with van der Waals surface area (Å²) in [5.74, 6) is 1.61. The van der Waals surface area contributed by atoms with Gasteiger partial charge in [-0.15, -0.1) is 17.5 Å². The van der Waals surface area contributed by atoms with Crippen LogP contribution in [0.2, 0.25) is 0 Å². The first kappa shape index (κ1) is 26.4. The summed E-state index contributed by atoms with van der Waals surface area (Å²) in [5.41, 5.74) is 3.37. The van der Waals surface area contributed by atoms with Gasteiger partial charge in [-0.1, -0.05) is 12.1 Å². The number of likely N-dealkylation sites (tertiary alicyclic amines) is 1. The first-order valence-electron chi connectivity index (χ1n) is 12.5. The summed E-state index contributed by atoms with van der Waals surface area (Å²) in [7, 11) is 3.35. The number of nitrogens with zero attached hydrogens (tertiary/aromatic N) is 4. The molecule has 2 aromatic carbocycles. The van der Waals surface area contributed by atoms with E-state index in [4.69, 9.17) is 9.47 Å². The van der Waals surface area contributed by atoms with Crippen molar-refractivity contribution in [1.29, 1.82) is 0 Å². The number of methoxy groups -OCH3 is 2. The van der Waals surface area contributed by atoms with E-state index in [-0.39, 0.29) is 18.5 Å². The van der Waals surface area contributed by atoms with E-state index >= 15 is 0 Å². The number of fused-ring (bicyclic) bond motifs is 1. The molecule has 1 atom stereocenters. The van der Waals surface area contributed by atoms with Crippen LogP contribution in [0.5, 0.6) is 5.75 Å². The standard InChI is InChI=1S/C27H35N5O3.ClH/c1-34-18-26-24-8-7-23(35-2)15-25(24)27(30-29-26)28-20-9-12-31(13-10-20)16-19-3-5-21(6-4-19)32-14-11-22(33)17-32;/h3-8,15,20,22,33H,9-14,16-18H2,1-2H3,(H,28,30);1H/t22-;/m1./s1. The van der Waals surface area contributed by atoms with Gasteiger partial charge in [-0.2, -0.15) is 5.10 Å². The third-order valence-corrected chi connectivity index (χ3v) is 7.14. The highest BCUT2D eigenvalue weighted by atomic mass is 35.5. The lowest BCUT2D eigenvalue weighted by Gasteiger charge is -2.33. The average molecular weight is 514 g/mol. The van der Waals surface area contributed by atoms with Crippen molar-refractivity contribution >= 4 is 34.7 Å². The molecule has 9 heteroatoms. The Kier molecular flexibility index (Phi) is 8.85. The number of hydrogen-bond acceptors (Lipinski definition) is 8. The molecule has 3 heterocycles. The van der Waals surface area contributed by atoms with Crippen molar-refractivity contribution in [1.82, 2.24) is 15.1 Å². The number of rotatable bonds is 8. The summed E-state index contributed by atoms with van der Waals surface area (Å²) < 4.78 is 10.8. The normalized spacial score (nSPS) is 18.9. The van der Waals surface area contributed by atoms with Crippen LogP contribution in [-0.4, -0.2) is 72.7 Å². The van der Waals surface area contributed by atoms with E-state index in [1.165, 1.54) is 11.3 Å². The summed E-state index contributed by atoms with van der Waals surface area (Å²) in [6.07, 6.45) is 2.77. The maximum absolute atomic E-state index is 9.78. The number of β-amino-alcohol motifs (C(OH)–C–C–N with tert-alkyl or cyclic N) is 1. The highest BCUT2D eigenvalue weighted by molar-refractivity contribution is 5.94. The minimum absolute atomic E-state index is 0. The van der Waals surface area contributed by atoms with Gasteiger partial charge in [-0.3, -0.25) is 4.90 Å². The molecule has 36 heavy (non-hydrogen) atoms. The molecular weight excluding hydrogens is 478 g/mol. The largest absolute Gasteiger partial charge is 0.497 e. The van der Waals surface area contributed by atoms with Gasteiger partial charge in [-0.25, -0.2) is 0 Å². The van der Waals surface area contributed by atoms with E-state index in [2.05, 4.69) is 49.6 Å². The number of hydrogen-bond donors (Lipinski definition) is 2. The van der Waals surface area contributed by atoms with Crippen molar-refractivity contribution in [3.63, 3.8) is 0 Å². The van der Waals surface area contributed by atoms with Crippen molar-refractivity contribution in [2.45, 2.75) is 44.6 Å². The molecule has 194 valence electrons. The molecule has 0 saturated carbocycles. The van der Waals surface area contributed by atoms with Gasteiger partial charge in [-0.05, 0) is 55.2 Å². The van der Waals surface area contributed by atoms with Crippen molar-refractivity contribution in [3.05, 3.63) is 53.7 Å². The number of halogens is 1. The van der Waals surface area contributed by atoms with Crippen LogP contribution < -0.4 is 15.0 Å². The number of aromatic nitrogens is 2. The van der Waals surface area contributed by atoms with Crippen molar-refractivity contribution in [2.24, 2.45) is 0 Å². The lowest BCUT2D eigenvalue weighted by molar-refractivity contribution is 0.182. The SMILES string of the molecule is COCc1nnc(NC2CCN(Cc3ccc(N4CC[C@@H](O)C4)cc3)CC2)c2cc(OC)ccc12.Cl. The van der Waals surface area contributed by atoms with Gasteiger partial charge in [0.15, 0.2) is 5.82 Å². The van der Waals surface area contributed by atoms with Gasteiger partial charge < -0.3 is 24.8 Å². The molecule has 2 saturated heterocycles. The van der Waals surface area contributed by atoms with Crippen LogP contribution in [0, 0.1) is 0 Å².